The van der Waals surface area contributed by atoms with E-state index in [1.54, 1.807) is 4.90 Å². The van der Waals surface area contributed by atoms with Gasteiger partial charge in [0.1, 0.15) is 5.82 Å². The van der Waals surface area contributed by atoms with Crippen molar-refractivity contribution in [3.63, 3.8) is 0 Å². The lowest BCUT2D eigenvalue weighted by Crippen LogP contribution is -2.38. The maximum absolute atomic E-state index is 12.8. The zero-order chi connectivity index (χ0) is 20.5. The third kappa shape index (κ3) is 3.77. The average Bonchev–Trinajstić information content (AvgIpc) is 3.27. The van der Waals surface area contributed by atoms with Crippen LogP contribution >= 0.6 is 0 Å². The lowest BCUT2D eigenvalue weighted by atomic mass is 10.1. The van der Waals surface area contributed by atoms with Crippen molar-refractivity contribution in [1.29, 1.82) is 0 Å². The van der Waals surface area contributed by atoms with Gasteiger partial charge in [0.05, 0.1) is 5.69 Å². The smallest absolute Gasteiger partial charge is 0.228 e. The fourth-order valence-corrected chi connectivity index (χ4v) is 3.96. The summed E-state index contributed by atoms with van der Waals surface area (Å²) in [4.78, 5) is 26.5. The minimum atomic E-state index is -0.0877. The Hall–Kier alpha value is -3.09. The molecule has 2 amide bonds. The van der Waals surface area contributed by atoms with Gasteiger partial charge in [-0.1, -0.05) is 18.2 Å². The Bertz CT molecular complexity index is 1060. The summed E-state index contributed by atoms with van der Waals surface area (Å²) in [6, 6.07) is 10.3. The lowest BCUT2D eigenvalue weighted by molar-refractivity contribution is -0.125. The summed E-state index contributed by atoms with van der Waals surface area (Å²) in [5.74, 6) is 0.693. The van der Waals surface area contributed by atoms with Crippen LogP contribution in [0.3, 0.4) is 0 Å². The van der Waals surface area contributed by atoms with Gasteiger partial charge in [-0.25, -0.2) is 4.68 Å². The number of benzene rings is 1. The summed E-state index contributed by atoms with van der Waals surface area (Å²) in [5, 5.41) is 8.76. The molecule has 152 valence electrons. The van der Waals surface area contributed by atoms with Gasteiger partial charge in [-0.3, -0.25) is 14.5 Å². The number of aromatic nitrogens is 3. The van der Waals surface area contributed by atoms with Crippen LogP contribution in [0.25, 0.3) is 22.2 Å². The van der Waals surface area contributed by atoms with Crippen molar-refractivity contribution in [3.05, 3.63) is 36.5 Å². The lowest BCUT2D eigenvalue weighted by Gasteiger charge is -2.27. The third-order valence-corrected chi connectivity index (χ3v) is 5.28. The zero-order valence-corrected chi connectivity index (χ0v) is 17.2. The molecule has 0 saturated heterocycles. The van der Waals surface area contributed by atoms with E-state index in [0.29, 0.717) is 6.54 Å². The van der Waals surface area contributed by atoms with Gasteiger partial charge in [0.15, 0.2) is 0 Å². The molecule has 1 N–H and O–H groups in total. The summed E-state index contributed by atoms with van der Waals surface area (Å²) >= 11 is 0. The minimum Gasteiger partial charge on any atom is -0.354 e. The summed E-state index contributed by atoms with van der Waals surface area (Å²) in [6.45, 7) is 5.28. The number of para-hydroxylation sites is 1. The first kappa shape index (κ1) is 19.2. The van der Waals surface area contributed by atoms with Crippen LogP contribution in [0.15, 0.2) is 36.5 Å². The molecule has 29 heavy (non-hydrogen) atoms. The van der Waals surface area contributed by atoms with Crippen molar-refractivity contribution in [3.8, 4) is 11.3 Å². The van der Waals surface area contributed by atoms with Gasteiger partial charge in [-0.05, 0) is 26.3 Å². The molecule has 0 saturated carbocycles. The molecule has 3 aromatic rings. The number of hydrogen-bond donors (Lipinski definition) is 1. The number of fused-ring (bicyclic) bond motifs is 2. The van der Waals surface area contributed by atoms with E-state index in [2.05, 4.69) is 28.2 Å². The standard InChI is InChI=1S/C22H27N5O2/c1-15(2)23-20(28)9-10-22(29)26-11-6-12-27-21(26)13-18(24-27)17-14-25(3)19-8-5-4-7-16(17)19/h4-5,7-8,13-15H,6,9-12H2,1-3H3,(H,23,28). The third-order valence-electron chi connectivity index (χ3n) is 5.28. The Labute approximate surface area is 170 Å². The van der Waals surface area contributed by atoms with Crippen LogP contribution in [0, 0.1) is 0 Å². The first-order chi connectivity index (χ1) is 13.9. The number of amides is 2. The molecule has 7 nitrogen and oxygen atoms in total. The van der Waals surface area contributed by atoms with E-state index in [1.807, 2.05) is 43.8 Å². The highest BCUT2D eigenvalue weighted by Crippen LogP contribution is 2.33. The molecule has 0 aliphatic carbocycles. The second kappa shape index (κ2) is 7.73. The Kier molecular flexibility index (Phi) is 5.13. The number of aryl methyl sites for hydroxylation is 2. The molecule has 0 bridgehead atoms. The monoisotopic (exact) mass is 393 g/mol. The summed E-state index contributed by atoms with van der Waals surface area (Å²) in [7, 11) is 2.03. The highest BCUT2D eigenvalue weighted by molar-refractivity contribution is 5.98. The number of rotatable bonds is 5. The van der Waals surface area contributed by atoms with E-state index < -0.39 is 0 Å². The van der Waals surface area contributed by atoms with Crippen molar-refractivity contribution in [2.45, 2.75) is 45.7 Å². The molecule has 3 heterocycles. The second-order valence-electron chi connectivity index (χ2n) is 7.90. The number of hydrogen-bond acceptors (Lipinski definition) is 3. The molecule has 0 spiro atoms. The molecular formula is C22H27N5O2. The van der Waals surface area contributed by atoms with Crippen LogP contribution in [0.2, 0.25) is 0 Å². The van der Waals surface area contributed by atoms with Gasteiger partial charge < -0.3 is 9.88 Å². The van der Waals surface area contributed by atoms with Gasteiger partial charge in [0.25, 0.3) is 0 Å². The Morgan fingerprint density at radius 1 is 1.17 bits per heavy atom. The number of nitrogens with zero attached hydrogens (tertiary/aromatic N) is 4. The number of carbonyl (C=O) groups excluding carboxylic acids is 2. The molecule has 0 atom stereocenters. The highest BCUT2D eigenvalue weighted by atomic mass is 16.2. The maximum atomic E-state index is 12.8. The van der Waals surface area contributed by atoms with Crippen LogP contribution in [0.5, 0.6) is 0 Å². The molecule has 2 aromatic heterocycles. The number of anilines is 1. The predicted octanol–water partition coefficient (Wildman–Crippen LogP) is 3.08. The van der Waals surface area contributed by atoms with Crippen molar-refractivity contribution >= 4 is 28.5 Å². The summed E-state index contributed by atoms with van der Waals surface area (Å²) < 4.78 is 4.01. The number of nitrogens with one attached hydrogen (secondary N) is 1. The second-order valence-corrected chi connectivity index (χ2v) is 7.90. The molecular weight excluding hydrogens is 366 g/mol. The Morgan fingerprint density at radius 3 is 2.76 bits per heavy atom. The molecule has 1 aromatic carbocycles. The van der Waals surface area contributed by atoms with E-state index in [1.165, 1.54) is 0 Å². The minimum absolute atomic E-state index is 0.0331. The molecule has 0 fully saturated rings. The van der Waals surface area contributed by atoms with Crippen LogP contribution in [0.1, 0.15) is 33.1 Å². The van der Waals surface area contributed by atoms with Crippen LogP contribution in [-0.2, 0) is 23.2 Å². The van der Waals surface area contributed by atoms with Gasteiger partial charge in [0, 0.05) is 67.8 Å². The predicted molar refractivity (Wildman–Crippen MR) is 114 cm³/mol. The average molecular weight is 393 g/mol. The zero-order valence-electron chi connectivity index (χ0n) is 17.2. The van der Waals surface area contributed by atoms with Crippen LogP contribution < -0.4 is 10.2 Å². The summed E-state index contributed by atoms with van der Waals surface area (Å²) in [5.41, 5.74) is 3.08. The molecule has 1 aliphatic heterocycles. The Balaban J connectivity index is 1.58. The van der Waals surface area contributed by atoms with Crippen molar-refractivity contribution in [2.24, 2.45) is 7.05 Å². The van der Waals surface area contributed by atoms with Crippen molar-refractivity contribution < 1.29 is 9.59 Å². The normalized spacial score (nSPS) is 13.7. The fourth-order valence-electron chi connectivity index (χ4n) is 3.96. The topological polar surface area (TPSA) is 72.2 Å². The van der Waals surface area contributed by atoms with Crippen molar-refractivity contribution in [1.82, 2.24) is 19.7 Å². The molecule has 0 unspecified atom stereocenters. The van der Waals surface area contributed by atoms with Gasteiger partial charge in [-0.15, -0.1) is 0 Å². The van der Waals surface area contributed by atoms with E-state index in [4.69, 9.17) is 5.10 Å². The summed E-state index contributed by atoms with van der Waals surface area (Å²) in [6.07, 6.45) is 3.35. The van der Waals surface area contributed by atoms with E-state index in [0.717, 1.165) is 40.9 Å². The first-order valence-corrected chi connectivity index (χ1v) is 10.2. The maximum Gasteiger partial charge on any atom is 0.228 e. The van der Waals surface area contributed by atoms with E-state index >= 15 is 0 Å². The SMILES string of the molecule is CC(C)NC(=O)CCC(=O)N1CCCn2nc(-c3cn(C)c4ccccc34)cc21. The number of carbonyl (C=O) groups is 2. The van der Waals surface area contributed by atoms with E-state index in [9.17, 15) is 9.59 Å². The van der Waals surface area contributed by atoms with Gasteiger partial charge in [0.2, 0.25) is 11.8 Å². The Morgan fingerprint density at radius 2 is 1.97 bits per heavy atom. The molecule has 4 rings (SSSR count). The van der Waals surface area contributed by atoms with Gasteiger partial charge in [-0.2, -0.15) is 5.10 Å². The van der Waals surface area contributed by atoms with Crippen molar-refractivity contribution in [2.75, 3.05) is 11.4 Å². The molecule has 1 aliphatic rings. The van der Waals surface area contributed by atoms with Crippen LogP contribution in [-0.4, -0.2) is 38.7 Å². The van der Waals surface area contributed by atoms with Crippen LogP contribution in [0.4, 0.5) is 5.82 Å². The van der Waals surface area contributed by atoms with E-state index in [-0.39, 0.29) is 30.7 Å². The molecule has 7 heteroatoms. The molecule has 0 radical (unpaired) electrons. The fraction of sp³-hybridized carbons (Fsp3) is 0.409. The largest absolute Gasteiger partial charge is 0.354 e. The van der Waals surface area contributed by atoms with Gasteiger partial charge >= 0.3 is 0 Å². The quantitative estimate of drug-likeness (QED) is 0.724. The first-order valence-electron chi connectivity index (χ1n) is 10.2. The highest BCUT2D eigenvalue weighted by Gasteiger charge is 2.26.